The molecule has 3 heterocycles. The number of imide groups is 1. The first-order valence-electron chi connectivity index (χ1n) is 8.70. The number of hydrogen-bond acceptors (Lipinski definition) is 3. The van der Waals surface area contributed by atoms with Crippen LogP contribution in [0.3, 0.4) is 0 Å². The van der Waals surface area contributed by atoms with Crippen LogP contribution in [-0.4, -0.2) is 21.8 Å². The molecule has 0 saturated carbocycles. The number of nitrogens with one attached hydrogen (secondary N) is 2. The van der Waals surface area contributed by atoms with Gasteiger partial charge in [-0.3, -0.25) is 19.9 Å². The first kappa shape index (κ1) is 21.1. The van der Waals surface area contributed by atoms with Crippen molar-refractivity contribution in [2.24, 2.45) is 0 Å². The van der Waals surface area contributed by atoms with Crippen molar-refractivity contribution >= 4 is 44.5 Å². The predicted octanol–water partition coefficient (Wildman–Crippen LogP) is 3.98. The van der Waals surface area contributed by atoms with Gasteiger partial charge in [-0.05, 0) is 24.3 Å². The van der Waals surface area contributed by atoms with Crippen molar-refractivity contribution in [2.45, 2.75) is 0 Å². The molecule has 0 bridgehead atoms. The van der Waals surface area contributed by atoms with Gasteiger partial charge in [0, 0.05) is 27.9 Å². The monoisotopic (exact) mass is 481 g/mol. The molecule has 2 aromatic heterocycles. The van der Waals surface area contributed by atoms with Gasteiger partial charge in [-0.25, -0.2) is 0 Å². The van der Waals surface area contributed by atoms with Gasteiger partial charge >= 0.3 is 30.8 Å². The van der Waals surface area contributed by atoms with Gasteiger partial charge < -0.3 is 4.98 Å². The van der Waals surface area contributed by atoms with Crippen molar-refractivity contribution < 1.29 is 33.7 Å². The van der Waals surface area contributed by atoms with Crippen molar-refractivity contribution in [3.8, 4) is 0 Å². The first-order valence-corrected chi connectivity index (χ1v) is 8.70. The normalized spacial score (nSPS) is 12.7. The molecule has 4 aromatic rings. The van der Waals surface area contributed by atoms with Crippen LogP contribution in [0.2, 0.25) is 0 Å². The molecule has 0 spiro atoms. The standard InChI is InChI=1S/C17H9N3O2.C5H4.CO.Ru/c21-16-12-9-5-3-7-18-14(9)15-11(13(12)17(22)20-16)8-4-1-2-6-10(8)19-15;1-2-4-5-3-1;1-2;/h1-7,19H,(H,20,21,22);1-4H;;/q;;;+1. The number of pyridine rings is 1. The summed E-state index contributed by atoms with van der Waals surface area (Å²) in [6, 6.07) is 11.3. The number of para-hydroxylation sites is 1. The molecule has 6 rings (SSSR count). The third kappa shape index (κ3) is 3.33. The molecular weight excluding hydrogens is 467 g/mol. The topological polar surface area (TPSA) is 94.8 Å². The average molecular weight is 480 g/mol. The van der Waals surface area contributed by atoms with Crippen molar-refractivity contribution in [1.29, 1.82) is 0 Å². The Bertz CT molecular complexity index is 1410. The maximum absolute atomic E-state index is 12.3. The zero-order valence-corrected chi connectivity index (χ0v) is 17.1. The predicted molar refractivity (Wildman–Crippen MR) is 109 cm³/mol. The fourth-order valence-electron chi connectivity index (χ4n) is 3.61. The molecule has 6 nitrogen and oxygen atoms in total. The third-order valence-corrected chi connectivity index (χ3v) is 4.70. The molecule has 1 radical (unpaired) electrons. The van der Waals surface area contributed by atoms with Gasteiger partial charge in [0.1, 0.15) is 0 Å². The summed E-state index contributed by atoms with van der Waals surface area (Å²) in [5, 5.41) is 4.78. The number of aromatic amines is 1. The number of rotatable bonds is 0. The van der Waals surface area contributed by atoms with E-state index in [1.165, 1.54) is 0 Å². The molecule has 145 valence electrons. The smallest absolute Gasteiger partial charge is 1.00 e. The molecule has 2 aromatic carbocycles. The van der Waals surface area contributed by atoms with Crippen LogP contribution in [0.5, 0.6) is 0 Å². The summed E-state index contributed by atoms with van der Waals surface area (Å²) in [5.74, 6) is -0.703. The van der Waals surface area contributed by atoms with E-state index in [2.05, 4.69) is 27.7 Å². The van der Waals surface area contributed by atoms with E-state index in [4.69, 9.17) is 4.65 Å². The first-order chi connectivity index (χ1) is 14.3. The summed E-state index contributed by atoms with van der Waals surface area (Å²) in [6.45, 7) is 4.50. The number of aromatic nitrogens is 2. The maximum atomic E-state index is 12.3. The molecule has 1 aliphatic heterocycles. The summed E-state index contributed by atoms with van der Waals surface area (Å²) >= 11 is 0. The minimum atomic E-state index is -0.356. The van der Waals surface area contributed by atoms with Gasteiger partial charge in [0.05, 0.1) is 22.2 Å². The summed E-state index contributed by atoms with van der Waals surface area (Å²) < 4.78 is 7.50. The molecule has 0 unspecified atom stereocenters. The van der Waals surface area contributed by atoms with E-state index in [1.807, 2.05) is 54.6 Å². The van der Waals surface area contributed by atoms with Crippen LogP contribution in [0.1, 0.15) is 20.7 Å². The van der Waals surface area contributed by atoms with E-state index < -0.39 is 0 Å². The van der Waals surface area contributed by atoms with Gasteiger partial charge in [-0.15, -0.1) is 5.73 Å². The van der Waals surface area contributed by atoms with Crippen molar-refractivity contribution in [3.63, 3.8) is 0 Å². The second kappa shape index (κ2) is 8.83. The van der Waals surface area contributed by atoms with E-state index in [1.54, 1.807) is 12.3 Å². The van der Waals surface area contributed by atoms with Crippen LogP contribution in [0.25, 0.3) is 32.7 Å². The fourth-order valence-corrected chi connectivity index (χ4v) is 3.61. The van der Waals surface area contributed by atoms with Crippen LogP contribution in [0.4, 0.5) is 0 Å². The van der Waals surface area contributed by atoms with E-state index in [-0.39, 0.29) is 31.3 Å². The molecular formula is C23H13N3O3Ru+. The minimum Gasteiger partial charge on any atom is 1.00 e. The van der Waals surface area contributed by atoms with Crippen molar-refractivity contribution in [3.05, 3.63) is 90.4 Å². The number of carbonyl (C=O) groups excluding carboxylic acids is 2. The minimum absolute atomic E-state index is 0. The van der Waals surface area contributed by atoms with E-state index in [0.717, 1.165) is 21.8 Å². The van der Waals surface area contributed by atoms with Crippen molar-refractivity contribution in [2.75, 3.05) is 0 Å². The Labute approximate surface area is 183 Å². The Morgan fingerprint density at radius 2 is 1.57 bits per heavy atom. The zero-order valence-electron chi connectivity index (χ0n) is 15.4. The molecule has 0 saturated heterocycles. The summed E-state index contributed by atoms with van der Waals surface area (Å²) in [6.07, 6.45) is 9.33. The molecule has 1 aliphatic carbocycles. The van der Waals surface area contributed by atoms with Gasteiger partial charge in [0.15, 0.2) is 0 Å². The summed E-state index contributed by atoms with van der Waals surface area (Å²) in [5.41, 5.74) is 6.14. The molecule has 2 aliphatic rings. The number of hydrogen-bond donors (Lipinski definition) is 2. The van der Waals surface area contributed by atoms with Gasteiger partial charge in [-0.1, -0.05) is 36.4 Å². The second-order valence-corrected chi connectivity index (χ2v) is 6.24. The SMILES string of the molecule is C1=CC=CC=1.O=C1NC(=O)c2c1c1cccnc1c1[nH]c3ccccc3c21.[C-]#[O+].[Ru+]. The van der Waals surface area contributed by atoms with Crippen LogP contribution < -0.4 is 5.32 Å². The average Bonchev–Trinajstić information content (AvgIpc) is 3.50. The summed E-state index contributed by atoms with van der Waals surface area (Å²) in [4.78, 5) is 32.3. The number of H-pyrrole nitrogens is 1. The van der Waals surface area contributed by atoms with Crippen LogP contribution in [0, 0.1) is 6.65 Å². The van der Waals surface area contributed by atoms with Gasteiger partial charge in [0.2, 0.25) is 0 Å². The number of carbonyl (C=O) groups is 2. The fraction of sp³-hybridized carbons (Fsp3) is 0. The largest absolute Gasteiger partial charge is 1.00 e. The number of fused-ring (bicyclic) bond motifs is 8. The molecule has 7 heteroatoms. The molecule has 0 atom stereocenters. The van der Waals surface area contributed by atoms with E-state index >= 15 is 0 Å². The maximum Gasteiger partial charge on any atom is 1.00 e. The Hall–Kier alpha value is -3.59. The van der Waals surface area contributed by atoms with Gasteiger partial charge in [-0.2, -0.15) is 0 Å². The van der Waals surface area contributed by atoms with Crippen LogP contribution in [0.15, 0.2) is 72.6 Å². The molecule has 30 heavy (non-hydrogen) atoms. The summed E-state index contributed by atoms with van der Waals surface area (Å²) in [7, 11) is 0. The molecule has 2 amide bonds. The van der Waals surface area contributed by atoms with Gasteiger partial charge in [0.25, 0.3) is 11.8 Å². The Kier molecular flexibility index (Phi) is 6.22. The van der Waals surface area contributed by atoms with Crippen LogP contribution >= 0.6 is 0 Å². The molecule has 0 fully saturated rings. The number of amides is 2. The quantitative estimate of drug-likeness (QED) is 0.131. The Morgan fingerprint density at radius 1 is 0.900 bits per heavy atom. The third-order valence-electron chi connectivity index (χ3n) is 4.70. The molecule has 2 N–H and O–H groups in total. The zero-order chi connectivity index (χ0) is 20.4. The number of allylic oxidation sites excluding steroid dienone is 3. The van der Waals surface area contributed by atoms with E-state index in [0.29, 0.717) is 22.0 Å². The van der Waals surface area contributed by atoms with E-state index in [9.17, 15) is 9.59 Å². The van der Waals surface area contributed by atoms with Crippen LogP contribution in [-0.2, 0) is 24.1 Å². The Balaban J connectivity index is 0.000000279. The number of benzene rings is 2. The van der Waals surface area contributed by atoms with Crippen molar-refractivity contribution in [1.82, 2.24) is 15.3 Å². The second-order valence-electron chi connectivity index (χ2n) is 6.24. The Morgan fingerprint density at radius 3 is 2.27 bits per heavy atom. The number of nitrogens with zero attached hydrogens (tertiary/aromatic N) is 1.